The van der Waals surface area contributed by atoms with Crippen LogP contribution in [0.15, 0.2) is 12.2 Å². The molecule has 0 aliphatic rings. The van der Waals surface area contributed by atoms with E-state index in [0.717, 1.165) is 12.8 Å². The summed E-state index contributed by atoms with van der Waals surface area (Å²) in [6.45, 7) is 12.1. The van der Waals surface area contributed by atoms with Gasteiger partial charge in [-0.25, -0.2) is 4.79 Å². The Bertz CT molecular complexity index is 331. The highest BCUT2D eigenvalue weighted by atomic mass is 16.5. The minimum absolute atomic E-state index is 0.225. The van der Waals surface area contributed by atoms with Gasteiger partial charge in [-0.15, -0.1) is 0 Å². The predicted molar refractivity (Wildman–Crippen MR) is 99.4 cm³/mol. The Balaban J connectivity index is 3.90. The van der Waals surface area contributed by atoms with Crippen LogP contribution in [0.2, 0.25) is 0 Å². The van der Waals surface area contributed by atoms with Crippen molar-refractivity contribution in [1.82, 2.24) is 0 Å². The lowest BCUT2D eigenvalue weighted by Gasteiger charge is -2.30. The van der Waals surface area contributed by atoms with Crippen molar-refractivity contribution in [2.45, 2.75) is 97.4 Å². The summed E-state index contributed by atoms with van der Waals surface area (Å²) in [4.78, 5) is 11.4. The highest BCUT2D eigenvalue weighted by Crippen LogP contribution is 2.25. The molecule has 0 radical (unpaired) electrons. The van der Waals surface area contributed by atoms with Crippen LogP contribution in [-0.4, -0.2) is 18.1 Å². The fraction of sp³-hybridized carbons (Fsp3) is 0.850. The Morgan fingerprint density at radius 1 is 1.04 bits per heavy atom. The van der Waals surface area contributed by atoms with Crippen LogP contribution < -0.4 is 5.73 Å². The standard InChI is InChI=1S/C20H39NO2/c1-6-7-8-9-10-11-12-13-14-18(20(4,5)21)15-16-23-19(22)17(2)3/h18H,2,6-16,21H2,1,3-5H3. The Morgan fingerprint density at radius 2 is 1.57 bits per heavy atom. The summed E-state index contributed by atoms with van der Waals surface area (Å²) in [5, 5.41) is 0. The fourth-order valence-electron chi connectivity index (χ4n) is 2.83. The number of esters is 1. The molecule has 0 aromatic carbocycles. The molecule has 3 nitrogen and oxygen atoms in total. The molecule has 1 unspecified atom stereocenters. The highest BCUT2D eigenvalue weighted by Gasteiger charge is 2.24. The van der Waals surface area contributed by atoms with E-state index in [1.807, 2.05) is 0 Å². The van der Waals surface area contributed by atoms with Gasteiger partial charge in [0, 0.05) is 11.1 Å². The zero-order valence-corrected chi connectivity index (χ0v) is 16.0. The van der Waals surface area contributed by atoms with E-state index >= 15 is 0 Å². The van der Waals surface area contributed by atoms with Crippen molar-refractivity contribution in [3.05, 3.63) is 12.2 Å². The summed E-state index contributed by atoms with van der Waals surface area (Å²) < 4.78 is 5.22. The molecule has 0 saturated heterocycles. The van der Waals surface area contributed by atoms with Crippen LogP contribution in [0.1, 0.15) is 91.9 Å². The van der Waals surface area contributed by atoms with Gasteiger partial charge in [0.25, 0.3) is 0 Å². The van der Waals surface area contributed by atoms with E-state index in [2.05, 4.69) is 27.4 Å². The maximum Gasteiger partial charge on any atom is 0.333 e. The van der Waals surface area contributed by atoms with E-state index in [-0.39, 0.29) is 11.5 Å². The monoisotopic (exact) mass is 325 g/mol. The first kappa shape index (κ1) is 22.2. The van der Waals surface area contributed by atoms with Gasteiger partial charge in [-0.1, -0.05) is 64.9 Å². The Morgan fingerprint density at radius 3 is 2.04 bits per heavy atom. The topological polar surface area (TPSA) is 52.3 Å². The van der Waals surface area contributed by atoms with E-state index in [9.17, 15) is 4.79 Å². The maximum absolute atomic E-state index is 11.4. The molecule has 0 aliphatic heterocycles. The van der Waals surface area contributed by atoms with E-state index in [4.69, 9.17) is 10.5 Å². The Hall–Kier alpha value is -0.830. The summed E-state index contributed by atoms with van der Waals surface area (Å²) in [5.41, 5.74) is 6.52. The number of nitrogens with two attached hydrogens (primary N) is 1. The molecule has 0 heterocycles. The largest absolute Gasteiger partial charge is 0.462 e. The molecule has 0 aromatic heterocycles. The summed E-state index contributed by atoms with van der Waals surface area (Å²) in [6.07, 6.45) is 12.5. The van der Waals surface area contributed by atoms with Crippen LogP contribution in [0.25, 0.3) is 0 Å². The first-order valence-electron chi connectivity index (χ1n) is 9.40. The number of hydrogen-bond donors (Lipinski definition) is 1. The van der Waals surface area contributed by atoms with Crippen LogP contribution in [0.4, 0.5) is 0 Å². The van der Waals surface area contributed by atoms with Gasteiger partial charge in [0.2, 0.25) is 0 Å². The van der Waals surface area contributed by atoms with Crippen molar-refractivity contribution in [3.8, 4) is 0 Å². The van der Waals surface area contributed by atoms with Crippen LogP contribution in [0.3, 0.4) is 0 Å². The van der Waals surface area contributed by atoms with E-state index in [0.29, 0.717) is 18.1 Å². The number of ether oxygens (including phenoxy) is 1. The lowest BCUT2D eigenvalue weighted by atomic mass is 9.82. The number of carbonyl (C=O) groups excluding carboxylic acids is 1. The second-order valence-electron chi connectivity index (χ2n) is 7.49. The van der Waals surface area contributed by atoms with Crippen LogP contribution >= 0.6 is 0 Å². The van der Waals surface area contributed by atoms with Gasteiger partial charge in [0.1, 0.15) is 0 Å². The zero-order valence-electron chi connectivity index (χ0n) is 16.0. The Labute approximate surface area is 144 Å². The minimum atomic E-state index is -0.300. The molecule has 23 heavy (non-hydrogen) atoms. The molecule has 0 rings (SSSR count). The first-order valence-corrected chi connectivity index (χ1v) is 9.40. The van der Waals surface area contributed by atoms with Crippen LogP contribution in [0, 0.1) is 5.92 Å². The van der Waals surface area contributed by atoms with E-state index in [1.54, 1.807) is 6.92 Å². The molecular formula is C20H39NO2. The van der Waals surface area contributed by atoms with Gasteiger partial charge in [-0.05, 0) is 39.5 Å². The SMILES string of the molecule is C=C(C)C(=O)OCCC(CCCCCCCCCC)C(C)(C)N. The third-order valence-corrected chi connectivity index (χ3v) is 4.51. The van der Waals surface area contributed by atoms with Gasteiger partial charge >= 0.3 is 5.97 Å². The van der Waals surface area contributed by atoms with Crippen molar-refractivity contribution in [3.63, 3.8) is 0 Å². The second kappa shape index (κ2) is 12.6. The molecule has 3 heteroatoms. The number of rotatable bonds is 14. The molecule has 0 saturated carbocycles. The molecular weight excluding hydrogens is 286 g/mol. The summed E-state index contributed by atoms with van der Waals surface area (Å²) in [5.74, 6) is 0.0890. The lowest BCUT2D eigenvalue weighted by molar-refractivity contribution is -0.139. The lowest BCUT2D eigenvalue weighted by Crippen LogP contribution is -2.41. The third-order valence-electron chi connectivity index (χ3n) is 4.51. The summed E-state index contributed by atoms with van der Waals surface area (Å²) in [7, 11) is 0. The molecule has 136 valence electrons. The fourth-order valence-corrected chi connectivity index (χ4v) is 2.83. The number of carbonyl (C=O) groups is 1. The van der Waals surface area contributed by atoms with Crippen molar-refractivity contribution in [2.24, 2.45) is 11.7 Å². The summed E-state index contributed by atoms with van der Waals surface area (Å²) >= 11 is 0. The quantitative estimate of drug-likeness (QED) is 0.265. The molecule has 0 amide bonds. The molecule has 0 bridgehead atoms. The smallest absolute Gasteiger partial charge is 0.333 e. The van der Waals surface area contributed by atoms with Gasteiger partial charge in [-0.2, -0.15) is 0 Å². The van der Waals surface area contributed by atoms with Crippen LogP contribution in [-0.2, 0) is 9.53 Å². The molecule has 2 N–H and O–H groups in total. The van der Waals surface area contributed by atoms with Gasteiger partial charge in [0.15, 0.2) is 0 Å². The average Bonchev–Trinajstić information content (AvgIpc) is 2.46. The molecule has 0 fully saturated rings. The minimum Gasteiger partial charge on any atom is -0.462 e. The average molecular weight is 326 g/mol. The van der Waals surface area contributed by atoms with Crippen molar-refractivity contribution in [1.29, 1.82) is 0 Å². The number of hydrogen-bond acceptors (Lipinski definition) is 3. The Kier molecular flexibility index (Phi) is 12.1. The molecule has 1 atom stereocenters. The van der Waals surface area contributed by atoms with Gasteiger partial charge in [-0.3, -0.25) is 0 Å². The van der Waals surface area contributed by atoms with Crippen molar-refractivity contribution >= 4 is 5.97 Å². The van der Waals surface area contributed by atoms with Crippen molar-refractivity contribution in [2.75, 3.05) is 6.61 Å². The maximum atomic E-state index is 11.4. The predicted octanol–water partition coefficient (Wildman–Crippen LogP) is 5.38. The normalized spacial score (nSPS) is 12.9. The zero-order chi connectivity index (χ0) is 17.7. The van der Waals surface area contributed by atoms with Gasteiger partial charge in [0.05, 0.1) is 6.61 Å². The third kappa shape index (κ3) is 12.3. The van der Waals surface area contributed by atoms with Crippen molar-refractivity contribution < 1.29 is 9.53 Å². The molecule has 0 aliphatic carbocycles. The second-order valence-corrected chi connectivity index (χ2v) is 7.49. The molecule has 0 aromatic rings. The number of unbranched alkanes of at least 4 members (excludes halogenated alkanes) is 7. The molecule has 0 spiro atoms. The van der Waals surface area contributed by atoms with Gasteiger partial charge < -0.3 is 10.5 Å². The highest BCUT2D eigenvalue weighted by molar-refractivity contribution is 5.86. The van der Waals surface area contributed by atoms with E-state index < -0.39 is 0 Å². The summed E-state index contributed by atoms with van der Waals surface area (Å²) in [6, 6.07) is 0. The van der Waals surface area contributed by atoms with E-state index in [1.165, 1.54) is 51.4 Å². The van der Waals surface area contributed by atoms with Crippen LogP contribution in [0.5, 0.6) is 0 Å². The first-order chi connectivity index (χ1) is 10.8.